The zero-order valence-corrected chi connectivity index (χ0v) is 20.6. The summed E-state index contributed by atoms with van der Waals surface area (Å²) in [6.07, 6.45) is 5.20. The van der Waals surface area contributed by atoms with E-state index in [1.807, 2.05) is 45.0 Å². The van der Waals surface area contributed by atoms with Gasteiger partial charge in [0.1, 0.15) is 5.60 Å². The first-order valence-corrected chi connectivity index (χ1v) is 12.7. The first kappa shape index (κ1) is 23.1. The second-order valence-corrected chi connectivity index (χ2v) is 11.3. The Hall–Kier alpha value is -2.66. The van der Waals surface area contributed by atoms with E-state index >= 15 is 0 Å². The predicted octanol–water partition coefficient (Wildman–Crippen LogP) is 4.63. The number of nitrogens with one attached hydrogen (secondary N) is 1. The van der Waals surface area contributed by atoms with Crippen molar-refractivity contribution in [2.75, 3.05) is 13.1 Å². The van der Waals surface area contributed by atoms with E-state index in [0.29, 0.717) is 11.6 Å². The maximum Gasteiger partial charge on any atom is 0.338 e. The molecule has 1 N–H and O–H groups in total. The number of nitrogens with zero attached hydrogens (tertiary/aromatic N) is 1. The minimum Gasteiger partial charge on any atom is -0.456 e. The second kappa shape index (κ2) is 8.84. The minimum atomic E-state index is -0.492. The molecule has 0 aromatic heterocycles. The van der Waals surface area contributed by atoms with E-state index in [1.165, 1.54) is 23.1 Å². The highest BCUT2D eigenvalue weighted by atomic mass is 16.6. The van der Waals surface area contributed by atoms with E-state index in [2.05, 4.69) is 34.5 Å². The number of ether oxygens (including phenoxy) is 1. The molecule has 180 valence electrons. The minimum absolute atomic E-state index is 0.111. The fourth-order valence-electron chi connectivity index (χ4n) is 5.77. The van der Waals surface area contributed by atoms with E-state index in [1.54, 1.807) is 0 Å². The molecule has 34 heavy (non-hydrogen) atoms. The van der Waals surface area contributed by atoms with E-state index in [4.69, 9.17) is 4.74 Å². The van der Waals surface area contributed by atoms with E-state index in [-0.39, 0.29) is 23.2 Å². The number of rotatable bonds is 5. The first-order chi connectivity index (χ1) is 16.2. The van der Waals surface area contributed by atoms with E-state index in [9.17, 15) is 9.59 Å². The molecule has 2 aromatic carbocycles. The molecule has 5 rings (SSSR count). The summed E-state index contributed by atoms with van der Waals surface area (Å²) in [4.78, 5) is 27.6. The van der Waals surface area contributed by atoms with Crippen molar-refractivity contribution in [1.82, 2.24) is 10.2 Å². The SMILES string of the molecule is CC(C)(C)OC(=O)c1ccc(CN2CCC(C(=O)NC3CC34CCc3ccccc34)CC2)cc1. The highest BCUT2D eigenvalue weighted by Crippen LogP contribution is 2.56. The van der Waals surface area contributed by atoms with Crippen LogP contribution in [0.2, 0.25) is 0 Å². The number of fused-ring (bicyclic) bond motifs is 2. The number of carbonyl (C=O) groups excluding carboxylic acids is 2. The van der Waals surface area contributed by atoms with Crippen LogP contribution in [-0.2, 0) is 27.9 Å². The largest absolute Gasteiger partial charge is 0.456 e. The Morgan fingerprint density at radius 3 is 2.47 bits per heavy atom. The molecule has 3 aliphatic rings. The maximum atomic E-state index is 13.0. The quantitative estimate of drug-likeness (QED) is 0.661. The predicted molar refractivity (Wildman–Crippen MR) is 133 cm³/mol. The van der Waals surface area contributed by atoms with Gasteiger partial charge < -0.3 is 10.1 Å². The van der Waals surface area contributed by atoms with Crippen molar-refractivity contribution in [3.63, 3.8) is 0 Å². The van der Waals surface area contributed by atoms with Gasteiger partial charge in [-0.15, -0.1) is 0 Å². The average molecular weight is 461 g/mol. The number of aryl methyl sites for hydroxylation is 1. The number of likely N-dealkylation sites (tertiary alicyclic amines) is 1. The van der Waals surface area contributed by atoms with Crippen LogP contribution in [0.5, 0.6) is 0 Å². The number of benzene rings is 2. The summed E-state index contributed by atoms with van der Waals surface area (Å²) >= 11 is 0. The summed E-state index contributed by atoms with van der Waals surface area (Å²) in [7, 11) is 0. The fraction of sp³-hybridized carbons (Fsp3) is 0.517. The molecule has 5 heteroatoms. The van der Waals surface area contributed by atoms with Gasteiger partial charge >= 0.3 is 5.97 Å². The topological polar surface area (TPSA) is 58.6 Å². The molecular weight excluding hydrogens is 424 g/mol. The highest BCUT2D eigenvalue weighted by molar-refractivity contribution is 5.89. The second-order valence-electron chi connectivity index (χ2n) is 11.3. The molecule has 1 amide bonds. The van der Waals surface area contributed by atoms with Gasteiger partial charge in [0, 0.05) is 23.9 Å². The summed E-state index contributed by atoms with van der Waals surface area (Å²) in [5.74, 6) is 0.0668. The van der Waals surface area contributed by atoms with Crippen molar-refractivity contribution in [2.24, 2.45) is 5.92 Å². The highest BCUT2D eigenvalue weighted by Gasteiger charge is 2.58. The molecule has 2 fully saturated rings. The van der Waals surface area contributed by atoms with Crippen LogP contribution >= 0.6 is 0 Å². The lowest BCUT2D eigenvalue weighted by Gasteiger charge is -2.31. The molecule has 2 aliphatic carbocycles. The van der Waals surface area contributed by atoms with Crippen molar-refractivity contribution in [2.45, 2.75) is 76.5 Å². The molecule has 2 aromatic rings. The number of carbonyl (C=O) groups is 2. The van der Waals surface area contributed by atoms with Crippen LogP contribution in [-0.4, -0.2) is 41.5 Å². The van der Waals surface area contributed by atoms with Crippen LogP contribution in [0.15, 0.2) is 48.5 Å². The molecule has 1 spiro atoms. The van der Waals surface area contributed by atoms with Crippen molar-refractivity contribution < 1.29 is 14.3 Å². The third-order valence-electron chi connectivity index (χ3n) is 7.74. The molecule has 1 heterocycles. The summed E-state index contributed by atoms with van der Waals surface area (Å²) in [5.41, 5.74) is 4.40. The Balaban J connectivity index is 1.08. The normalized spacial score (nSPS) is 24.6. The van der Waals surface area contributed by atoms with Gasteiger partial charge in [-0.2, -0.15) is 0 Å². The van der Waals surface area contributed by atoms with Crippen molar-refractivity contribution in [3.05, 3.63) is 70.8 Å². The fourth-order valence-corrected chi connectivity index (χ4v) is 5.77. The van der Waals surface area contributed by atoms with Gasteiger partial charge in [-0.1, -0.05) is 36.4 Å². The molecular formula is C29H36N2O3. The van der Waals surface area contributed by atoms with Crippen molar-refractivity contribution in [1.29, 1.82) is 0 Å². The summed E-state index contributed by atoms with van der Waals surface area (Å²) in [6.45, 7) is 8.30. The van der Waals surface area contributed by atoms with Crippen LogP contribution in [0, 0.1) is 5.92 Å². The standard InChI is InChI=1S/C29H36N2O3/c1-28(2,3)34-27(33)23-10-8-20(9-11-23)19-31-16-13-22(14-17-31)26(32)30-25-18-29(25)15-12-21-6-4-5-7-24(21)29/h4-11,22,25H,12-19H2,1-3H3,(H,30,32). The third-order valence-corrected chi connectivity index (χ3v) is 7.74. The number of piperidine rings is 1. The summed E-state index contributed by atoms with van der Waals surface area (Å²) in [5, 5.41) is 3.39. The number of esters is 1. The molecule has 0 radical (unpaired) electrons. The van der Waals surface area contributed by atoms with E-state index < -0.39 is 5.60 Å². The monoisotopic (exact) mass is 460 g/mol. The lowest BCUT2D eigenvalue weighted by molar-refractivity contribution is -0.126. The van der Waals surface area contributed by atoms with E-state index in [0.717, 1.165) is 45.3 Å². The maximum absolute atomic E-state index is 13.0. The molecule has 2 unspecified atom stereocenters. The molecule has 5 nitrogen and oxygen atoms in total. The summed E-state index contributed by atoms with van der Waals surface area (Å²) in [6, 6.07) is 16.8. The number of hydrogen-bond donors (Lipinski definition) is 1. The van der Waals surface area contributed by atoms with Crippen LogP contribution in [0.3, 0.4) is 0 Å². The zero-order valence-electron chi connectivity index (χ0n) is 20.6. The zero-order chi connectivity index (χ0) is 23.9. The van der Waals surface area contributed by atoms with Gasteiger partial charge in [0.25, 0.3) is 0 Å². The summed E-state index contributed by atoms with van der Waals surface area (Å²) < 4.78 is 5.44. The van der Waals surface area contributed by atoms with Crippen LogP contribution in [0.4, 0.5) is 0 Å². The lowest BCUT2D eigenvalue weighted by Crippen LogP contribution is -2.42. The van der Waals surface area contributed by atoms with Gasteiger partial charge in [0.2, 0.25) is 5.91 Å². The smallest absolute Gasteiger partial charge is 0.338 e. The van der Waals surface area contributed by atoms with Gasteiger partial charge in [-0.05, 0) is 94.8 Å². The average Bonchev–Trinajstić information content (AvgIpc) is 3.37. The Labute approximate surface area is 202 Å². The van der Waals surface area contributed by atoms with Crippen molar-refractivity contribution in [3.8, 4) is 0 Å². The molecule has 1 saturated carbocycles. The van der Waals surface area contributed by atoms with Gasteiger partial charge in [0.15, 0.2) is 0 Å². The Bertz CT molecular complexity index is 1060. The number of hydrogen-bond acceptors (Lipinski definition) is 4. The first-order valence-electron chi connectivity index (χ1n) is 12.7. The Morgan fingerprint density at radius 2 is 1.76 bits per heavy atom. The lowest BCUT2D eigenvalue weighted by atomic mass is 9.94. The molecule has 0 bridgehead atoms. The van der Waals surface area contributed by atoms with Crippen LogP contribution < -0.4 is 5.32 Å². The van der Waals surface area contributed by atoms with Crippen LogP contribution in [0.25, 0.3) is 0 Å². The van der Waals surface area contributed by atoms with Crippen molar-refractivity contribution >= 4 is 11.9 Å². The van der Waals surface area contributed by atoms with Gasteiger partial charge in [-0.3, -0.25) is 9.69 Å². The third kappa shape index (κ3) is 4.76. The Kier molecular flexibility index (Phi) is 6.01. The van der Waals surface area contributed by atoms with Gasteiger partial charge in [0.05, 0.1) is 5.56 Å². The molecule has 2 atom stereocenters. The molecule has 1 aliphatic heterocycles. The Morgan fingerprint density at radius 1 is 1.06 bits per heavy atom. The number of amides is 1. The van der Waals surface area contributed by atoms with Crippen LogP contribution in [0.1, 0.15) is 73.5 Å². The van der Waals surface area contributed by atoms with Gasteiger partial charge in [-0.25, -0.2) is 4.79 Å². The molecule has 1 saturated heterocycles.